The Morgan fingerprint density at radius 2 is 1.61 bits per heavy atom. The van der Waals surface area contributed by atoms with Gasteiger partial charge < -0.3 is 61.3 Å². The SMILES string of the molecule is CCC1Cc2cc(O)c(OC3CC(Cc4ccc[nH]4)C4=CCNC(N)=C4CSSCC(CO)C3O)cc2C2CC(O)C3C(C#CC4(CC(O)CCC3OCCO)CC(c3ccccc3)C3Cc5ccccc5CC56C(CCC37C4C(O)CCC75)CCC63CCCC3)C=C12. The van der Waals surface area contributed by atoms with E-state index in [9.17, 15) is 35.7 Å². The summed E-state index contributed by atoms with van der Waals surface area (Å²) in [5.41, 5.74) is 16.9. The van der Waals surface area contributed by atoms with Gasteiger partial charge in [-0.05, 0) is 231 Å². The maximum absolute atomic E-state index is 13.6. The molecule has 4 spiro atoms. The number of nitrogens with two attached hydrogens (primary N) is 1. The lowest BCUT2D eigenvalue weighted by molar-refractivity contribution is -0.257. The number of H-pyrrole nitrogens is 1. The fourth-order valence-electron chi connectivity index (χ4n) is 23.4. The third-order valence-electron chi connectivity index (χ3n) is 27.0. The lowest BCUT2D eigenvalue weighted by atomic mass is 9.30. The molecule has 11 aliphatic rings. The zero-order valence-electron chi connectivity index (χ0n) is 54.5. The molecule has 12 nitrogen and oxygen atoms in total. The zero-order chi connectivity index (χ0) is 63.8. The molecule has 1 aromatic heterocycles. The van der Waals surface area contributed by atoms with Gasteiger partial charge in [-0.2, -0.15) is 0 Å². The molecule has 2 bridgehead atoms. The van der Waals surface area contributed by atoms with Crippen molar-refractivity contribution in [2.24, 2.45) is 80.7 Å². The number of aromatic hydroxyl groups is 1. The summed E-state index contributed by atoms with van der Waals surface area (Å²) in [6.07, 6.45) is 20.7. The van der Waals surface area contributed by atoms with E-state index in [1.165, 1.54) is 61.6 Å². The number of aromatic nitrogens is 1. The summed E-state index contributed by atoms with van der Waals surface area (Å²) in [5, 5.41) is 89.7. The topological polar surface area (TPSA) is 214 Å². The highest BCUT2D eigenvalue weighted by Crippen LogP contribution is 2.82. The minimum Gasteiger partial charge on any atom is -0.504 e. The third kappa shape index (κ3) is 11.1. The van der Waals surface area contributed by atoms with E-state index in [0.717, 1.165) is 72.9 Å². The Bertz CT molecular complexity index is 3500. The lowest BCUT2D eigenvalue weighted by Crippen LogP contribution is -2.70. The maximum Gasteiger partial charge on any atom is 0.161 e. The van der Waals surface area contributed by atoms with Gasteiger partial charge >= 0.3 is 0 Å². The molecule has 0 amide bonds. The van der Waals surface area contributed by atoms with Crippen molar-refractivity contribution in [2.75, 3.05) is 37.9 Å². The predicted octanol–water partition coefficient (Wildman–Crippen LogP) is 12.0. The molecular formula is C79H101N3O9S2. The molecule has 9 aliphatic carbocycles. The molecule has 11 N–H and O–H groups in total. The van der Waals surface area contributed by atoms with Crippen LogP contribution in [-0.2, 0) is 30.4 Å². The van der Waals surface area contributed by atoms with Crippen molar-refractivity contribution in [1.29, 1.82) is 0 Å². The monoisotopic (exact) mass is 1300 g/mol. The Balaban J connectivity index is 0.862. The molecule has 6 fully saturated rings. The Hall–Kier alpha value is -4.66. The molecule has 3 heterocycles. The van der Waals surface area contributed by atoms with Crippen molar-refractivity contribution in [2.45, 2.75) is 190 Å². The van der Waals surface area contributed by atoms with E-state index in [1.54, 1.807) is 27.2 Å². The first-order valence-corrected chi connectivity index (χ1v) is 38.5. The normalized spacial score (nSPS) is 39.4. The molecule has 14 heteroatoms. The van der Waals surface area contributed by atoms with Crippen LogP contribution in [0.2, 0.25) is 0 Å². The van der Waals surface area contributed by atoms with Crippen molar-refractivity contribution in [3.63, 3.8) is 0 Å². The van der Waals surface area contributed by atoms with E-state index in [0.29, 0.717) is 80.7 Å². The summed E-state index contributed by atoms with van der Waals surface area (Å²) in [6.45, 7) is 2.48. The fraction of sp³-hybridized carbons (Fsp3) is 0.620. The highest BCUT2D eigenvalue weighted by molar-refractivity contribution is 8.76. The predicted molar refractivity (Wildman–Crippen MR) is 368 cm³/mol. The molecule has 3 aromatic carbocycles. The summed E-state index contributed by atoms with van der Waals surface area (Å²) < 4.78 is 13.9. The van der Waals surface area contributed by atoms with Gasteiger partial charge in [0.1, 0.15) is 11.9 Å². The van der Waals surface area contributed by atoms with Gasteiger partial charge in [-0.3, -0.25) is 0 Å². The van der Waals surface area contributed by atoms with Crippen LogP contribution in [0.5, 0.6) is 11.5 Å². The van der Waals surface area contributed by atoms with Crippen LogP contribution in [-0.4, -0.2) is 115 Å². The number of nitrogens with one attached hydrogen (secondary N) is 2. The van der Waals surface area contributed by atoms with E-state index < -0.39 is 59.8 Å². The van der Waals surface area contributed by atoms with Crippen LogP contribution in [0.3, 0.4) is 0 Å². The molecule has 20 unspecified atom stereocenters. The smallest absolute Gasteiger partial charge is 0.161 e. The average Bonchev–Trinajstić information content (AvgIpc) is 1.65. The standard InChI is InChI=1S/C79H101N3O9S2/c1-2-47-33-52-37-66(87)69(91-70-38-53(34-56-15-10-29-81-56)58-23-30-82-75(80)63(58)46-93-92-45-54(44-84)73(70)89)40-60(52)61-39-67(88)72-50(35-59(47)61)20-26-76(42-57(85)16-18-68(72)90-32-31-83)43-62(48-11-4-3-5-12-48)64-36-49-13-6-7-14-51(49)41-79-55(21-27-77(79)24-8-9-25-77)22-28-78(64)71(79)19-17-65(86)74(76)78/h3-7,10-15,23,29,35,37,40,47,50,53-55,57,61-62,64-65,67-68,70-74,81-89H,2,8-9,16-19,21-22,24-25,27-28,30-34,36,38-39,41-46,80H2,1H3. The van der Waals surface area contributed by atoms with Gasteiger partial charge in [-0.25, -0.2) is 0 Å². The van der Waals surface area contributed by atoms with Crippen LogP contribution in [0, 0.1) is 86.8 Å². The van der Waals surface area contributed by atoms with Gasteiger partial charge in [0.25, 0.3) is 0 Å². The Morgan fingerprint density at radius 3 is 2.41 bits per heavy atom. The first-order valence-electron chi connectivity index (χ1n) is 36.0. The van der Waals surface area contributed by atoms with Crippen molar-refractivity contribution in [3.05, 3.63) is 153 Å². The number of benzene rings is 3. The van der Waals surface area contributed by atoms with Crippen LogP contribution in [0.1, 0.15) is 161 Å². The number of aliphatic hydroxyl groups is 6. The minimum absolute atomic E-state index is 0.0141. The number of aliphatic hydroxyl groups excluding tert-OH is 6. The summed E-state index contributed by atoms with van der Waals surface area (Å²) in [5.74, 6) is 9.87. The molecule has 0 radical (unpaired) electrons. The first-order chi connectivity index (χ1) is 45.3. The van der Waals surface area contributed by atoms with E-state index >= 15 is 0 Å². The van der Waals surface area contributed by atoms with Gasteiger partial charge in [0.2, 0.25) is 0 Å². The summed E-state index contributed by atoms with van der Waals surface area (Å²) in [4.78, 5) is 3.41. The largest absolute Gasteiger partial charge is 0.504 e. The van der Waals surface area contributed by atoms with E-state index in [-0.39, 0.29) is 83.1 Å². The summed E-state index contributed by atoms with van der Waals surface area (Å²) in [6, 6.07) is 28.7. The van der Waals surface area contributed by atoms with Crippen molar-refractivity contribution >= 4 is 21.6 Å². The van der Waals surface area contributed by atoms with Crippen LogP contribution in [0.25, 0.3) is 0 Å². The van der Waals surface area contributed by atoms with Crippen LogP contribution < -0.4 is 15.8 Å². The number of rotatable bonds is 10. The number of hydrogen-bond acceptors (Lipinski definition) is 13. The number of ether oxygens (including phenoxy) is 2. The van der Waals surface area contributed by atoms with Gasteiger partial charge in [0, 0.05) is 77.1 Å². The summed E-state index contributed by atoms with van der Waals surface area (Å²) >= 11 is 0. The number of dihydropyridines is 1. The van der Waals surface area contributed by atoms with Crippen molar-refractivity contribution < 1.29 is 45.2 Å². The van der Waals surface area contributed by atoms with Gasteiger partial charge in [-0.15, -0.1) is 0 Å². The van der Waals surface area contributed by atoms with E-state index in [4.69, 9.17) is 15.2 Å². The molecular weight excluding hydrogens is 1200 g/mol. The number of allylic oxidation sites excluding steroid dienone is 3. The number of phenolic OH excluding ortho intramolecular Hbond substituents is 1. The molecule has 1 saturated heterocycles. The van der Waals surface area contributed by atoms with E-state index in [2.05, 4.69) is 102 Å². The fourth-order valence-corrected chi connectivity index (χ4v) is 25.9. The van der Waals surface area contributed by atoms with Gasteiger partial charge in [-0.1, -0.05) is 126 Å². The number of phenols is 1. The van der Waals surface area contributed by atoms with Crippen LogP contribution >= 0.6 is 21.6 Å². The molecule has 20 atom stereocenters. The highest BCUT2D eigenvalue weighted by Gasteiger charge is 2.76. The molecule has 93 heavy (non-hydrogen) atoms. The maximum atomic E-state index is 13.6. The Kier molecular flexibility index (Phi) is 18.2. The van der Waals surface area contributed by atoms with Crippen molar-refractivity contribution in [3.8, 4) is 23.3 Å². The van der Waals surface area contributed by atoms with E-state index in [1.807, 2.05) is 24.4 Å². The second kappa shape index (κ2) is 26.3. The average molecular weight is 1300 g/mol. The van der Waals surface area contributed by atoms with Gasteiger partial charge in [0.05, 0.1) is 43.7 Å². The van der Waals surface area contributed by atoms with Crippen LogP contribution in [0.15, 0.2) is 120 Å². The summed E-state index contributed by atoms with van der Waals surface area (Å²) in [7, 11) is 3.27. The molecule has 15 rings (SSSR count). The molecule has 4 aromatic rings. The highest BCUT2D eigenvalue weighted by atomic mass is 33.1. The van der Waals surface area contributed by atoms with Crippen LogP contribution in [0.4, 0.5) is 0 Å². The number of hydrogen-bond donors (Lipinski definition) is 10. The first kappa shape index (κ1) is 64.3. The number of fused-ring (bicyclic) bond motifs is 7. The van der Waals surface area contributed by atoms with Crippen molar-refractivity contribution in [1.82, 2.24) is 10.3 Å². The number of aromatic amines is 1. The lowest BCUT2D eigenvalue weighted by Gasteiger charge is -2.74. The quantitative estimate of drug-likeness (QED) is 0.0407. The molecule has 498 valence electrons. The molecule has 5 saturated carbocycles. The Morgan fingerprint density at radius 1 is 0.796 bits per heavy atom. The minimum atomic E-state index is -1.08. The Labute approximate surface area is 559 Å². The zero-order valence-corrected chi connectivity index (χ0v) is 56.1. The second-order valence-electron chi connectivity index (χ2n) is 30.9. The third-order valence-corrected chi connectivity index (χ3v) is 29.4. The molecule has 2 aliphatic heterocycles. The van der Waals surface area contributed by atoms with Gasteiger partial charge in [0.15, 0.2) is 11.5 Å². The second-order valence-corrected chi connectivity index (χ2v) is 33.4.